The average Bonchev–Trinajstić information content (AvgIpc) is 2.64. The van der Waals surface area contributed by atoms with Crippen molar-refractivity contribution in [3.63, 3.8) is 0 Å². The van der Waals surface area contributed by atoms with Crippen molar-refractivity contribution in [2.45, 2.75) is 32.7 Å². The summed E-state index contributed by atoms with van der Waals surface area (Å²) in [5.74, 6) is 1.71. The lowest BCUT2D eigenvalue weighted by Gasteiger charge is -2.35. The lowest BCUT2D eigenvalue weighted by molar-refractivity contribution is -0.130. The standard InChI is InChI=1S/C19H33N5O/c1-16(2)17(20)7-10-22(3)19(25)8-11-23-12-14-24(15-13-23)18-6-4-5-9-21-18/h4-6,9,16-17H,7-8,10-15,20H2,1-3H3. The molecule has 0 saturated carbocycles. The summed E-state index contributed by atoms with van der Waals surface area (Å²) in [5, 5.41) is 0. The smallest absolute Gasteiger partial charge is 0.223 e. The summed E-state index contributed by atoms with van der Waals surface area (Å²) in [7, 11) is 1.88. The molecule has 1 amide bonds. The van der Waals surface area contributed by atoms with E-state index < -0.39 is 0 Å². The third kappa shape index (κ3) is 6.29. The van der Waals surface area contributed by atoms with E-state index >= 15 is 0 Å². The van der Waals surface area contributed by atoms with Crippen LogP contribution >= 0.6 is 0 Å². The van der Waals surface area contributed by atoms with Crippen LogP contribution in [0.2, 0.25) is 0 Å². The number of pyridine rings is 1. The number of piperazine rings is 1. The Morgan fingerprint density at radius 3 is 2.60 bits per heavy atom. The van der Waals surface area contributed by atoms with E-state index in [1.165, 1.54) is 0 Å². The van der Waals surface area contributed by atoms with Crippen molar-refractivity contribution in [3.05, 3.63) is 24.4 Å². The molecule has 1 aromatic heterocycles. The Balaban J connectivity index is 1.66. The van der Waals surface area contributed by atoms with E-state index in [0.717, 1.165) is 51.5 Å². The van der Waals surface area contributed by atoms with Crippen LogP contribution in [-0.4, -0.2) is 73.0 Å². The molecule has 2 heterocycles. The van der Waals surface area contributed by atoms with Gasteiger partial charge in [-0.05, 0) is 24.5 Å². The Bertz CT molecular complexity index is 514. The minimum Gasteiger partial charge on any atom is -0.354 e. The highest BCUT2D eigenvalue weighted by atomic mass is 16.2. The summed E-state index contributed by atoms with van der Waals surface area (Å²) in [4.78, 5) is 23.2. The molecule has 6 heteroatoms. The number of hydrogen-bond acceptors (Lipinski definition) is 5. The first-order chi connectivity index (χ1) is 12.0. The maximum absolute atomic E-state index is 12.3. The van der Waals surface area contributed by atoms with Gasteiger partial charge in [-0.25, -0.2) is 4.98 Å². The second-order valence-corrected chi connectivity index (χ2v) is 7.28. The highest BCUT2D eigenvalue weighted by Gasteiger charge is 2.19. The molecule has 1 aliphatic rings. The van der Waals surface area contributed by atoms with Crippen molar-refractivity contribution in [3.8, 4) is 0 Å². The SMILES string of the molecule is CC(C)C(N)CCN(C)C(=O)CCN1CCN(c2ccccn2)CC1. The summed E-state index contributed by atoms with van der Waals surface area (Å²) in [6.07, 6.45) is 3.28. The van der Waals surface area contributed by atoms with E-state index in [2.05, 4.69) is 34.7 Å². The number of anilines is 1. The third-order valence-electron chi connectivity index (χ3n) is 5.07. The van der Waals surface area contributed by atoms with E-state index in [0.29, 0.717) is 12.3 Å². The Hall–Kier alpha value is -1.66. The van der Waals surface area contributed by atoms with Gasteiger partial charge in [-0.2, -0.15) is 0 Å². The highest BCUT2D eigenvalue weighted by Crippen LogP contribution is 2.12. The Kier molecular flexibility index (Phi) is 7.65. The van der Waals surface area contributed by atoms with Crippen molar-refractivity contribution in [1.82, 2.24) is 14.8 Å². The van der Waals surface area contributed by atoms with Gasteiger partial charge in [0.25, 0.3) is 0 Å². The molecule has 25 heavy (non-hydrogen) atoms. The molecular formula is C19H33N5O. The van der Waals surface area contributed by atoms with E-state index in [1.54, 1.807) is 0 Å². The van der Waals surface area contributed by atoms with E-state index in [1.807, 2.05) is 30.3 Å². The molecular weight excluding hydrogens is 314 g/mol. The molecule has 1 aromatic rings. The van der Waals surface area contributed by atoms with Crippen molar-refractivity contribution < 1.29 is 4.79 Å². The monoisotopic (exact) mass is 347 g/mol. The fourth-order valence-corrected chi connectivity index (χ4v) is 2.99. The summed E-state index contributed by atoms with van der Waals surface area (Å²) in [6.45, 7) is 9.70. The summed E-state index contributed by atoms with van der Waals surface area (Å²) in [6, 6.07) is 6.18. The Morgan fingerprint density at radius 1 is 1.28 bits per heavy atom. The maximum atomic E-state index is 12.3. The van der Waals surface area contributed by atoms with Gasteiger partial charge in [0.2, 0.25) is 5.91 Å². The zero-order valence-electron chi connectivity index (χ0n) is 15.9. The fraction of sp³-hybridized carbons (Fsp3) is 0.684. The van der Waals surface area contributed by atoms with Crippen LogP contribution in [0.5, 0.6) is 0 Å². The topological polar surface area (TPSA) is 65.7 Å². The number of carbonyl (C=O) groups excluding carboxylic acids is 1. The molecule has 1 aliphatic heterocycles. The normalized spacial score (nSPS) is 16.9. The van der Waals surface area contributed by atoms with Gasteiger partial charge in [0.05, 0.1) is 0 Å². The predicted molar refractivity (Wildman–Crippen MR) is 103 cm³/mol. The minimum absolute atomic E-state index is 0.162. The Labute approximate surface area is 152 Å². The molecule has 1 atom stereocenters. The maximum Gasteiger partial charge on any atom is 0.223 e. The zero-order valence-corrected chi connectivity index (χ0v) is 15.9. The van der Waals surface area contributed by atoms with Gasteiger partial charge in [0, 0.05) is 65.0 Å². The van der Waals surface area contributed by atoms with Crippen LogP contribution in [0.3, 0.4) is 0 Å². The highest BCUT2D eigenvalue weighted by molar-refractivity contribution is 5.76. The number of carbonyl (C=O) groups is 1. The largest absolute Gasteiger partial charge is 0.354 e. The van der Waals surface area contributed by atoms with E-state index in [4.69, 9.17) is 5.73 Å². The van der Waals surface area contributed by atoms with Crippen LogP contribution in [0.25, 0.3) is 0 Å². The first-order valence-electron chi connectivity index (χ1n) is 9.35. The van der Waals surface area contributed by atoms with Gasteiger partial charge in [0.15, 0.2) is 0 Å². The molecule has 2 rings (SSSR count). The van der Waals surface area contributed by atoms with Gasteiger partial charge in [-0.15, -0.1) is 0 Å². The lowest BCUT2D eigenvalue weighted by Crippen LogP contribution is -2.47. The summed E-state index contributed by atoms with van der Waals surface area (Å²) in [5.41, 5.74) is 6.06. The average molecular weight is 348 g/mol. The molecule has 140 valence electrons. The van der Waals surface area contributed by atoms with Crippen LogP contribution in [-0.2, 0) is 4.79 Å². The van der Waals surface area contributed by atoms with Crippen molar-refractivity contribution in [2.24, 2.45) is 11.7 Å². The lowest BCUT2D eigenvalue weighted by atomic mass is 10.0. The number of hydrogen-bond donors (Lipinski definition) is 1. The van der Waals surface area contributed by atoms with Crippen LogP contribution < -0.4 is 10.6 Å². The van der Waals surface area contributed by atoms with E-state index in [9.17, 15) is 4.79 Å². The van der Waals surface area contributed by atoms with Crippen LogP contribution in [0.4, 0.5) is 5.82 Å². The van der Waals surface area contributed by atoms with Gasteiger partial charge in [0.1, 0.15) is 5.82 Å². The molecule has 0 radical (unpaired) electrons. The van der Waals surface area contributed by atoms with Gasteiger partial charge >= 0.3 is 0 Å². The number of nitrogens with two attached hydrogens (primary N) is 1. The van der Waals surface area contributed by atoms with Crippen LogP contribution in [0, 0.1) is 5.92 Å². The molecule has 2 N–H and O–H groups in total. The predicted octanol–water partition coefficient (Wildman–Crippen LogP) is 1.43. The molecule has 1 saturated heterocycles. The first kappa shape index (κ1) is 19.7. The van der Waals surface area contributed by atoms with Crippen LogP contribution in [0.1, 0.15) is 26.7 Å². The molecule has 0 bridgehead atoms. The second-order valence-electron chi connectivity index (χ2n) is 7.28. The molecule has 0 spiro atoms. The third-order valence-corrected chi connectivity index (χ3v) is 5.07. The molecule has 0 aliphatic carbocycles. The van der Waals surface area contributed by atoms with Gasteiger partial charge in [-0.3, -0.25) is 9.69 Å². The minimum atomic E-state index is 0.162. The van der Waals surface area contributed by atoms with Crippen molar-refractivity contribution in [1.29, 1.82) is 0 Å². The first-order valence-corrected chi connectivity index (χ1v) is 9.35. The number of rotatable bonds is 8. The number of aromatic nitrogens is 1. The fourth-order valence-electron chi connectivity index (χ4n) is 2.99. The summed E-state index contributed by atoms with van der Waals surface area (Å²) >= 11 is 0. The molecule has 1 unspecified atom stereocenters. The quantitative estimate of drug-likeness (QED) is 0.770. The van der Waals surface area contributed by atoms with Gasteiger partial charge < -0.3 is 15.5 Å². The molecule has 0 aromatic carbocycles. The number of amides is 1. The summed E-state index contributed by atoms with van der Waals surface area (Å²) < 4.78 is 0. The second kappa shape index (κ2) is 9.73. The zero-order chi connectivity index (χ0) is 18.2. The van der Waals surface area contributed by atoms with E-state index in [-0.39, 0.29) is 11.9 Å². The number of nitrogens with zero attached hydrogens (tertiary/aromatic N) is 4. The van der Waals surface area contributed by atoms with Crippen molar-refractivity contribution >= 4 is 11.7 Å². The molecule has 6 nitrogen and oxygen atoms in total. The molecule has 1 fully saturated rings. The van der Waals surface area contributed by atoms with Crippen molar-refractivity contribution in [2.75, 3.05) is 51.2 Å². The van der Waals surface area contributed by atoms with Crippen LogP contribution in [0.15, 0.2) is 24.4 Å². The Morgan fingerprint density at radius 2 is 2.00 bits per heavy atom. The van der Waals surface area contributed by atoms with Gasteiger partial charge in [-0.1, -0.05) is 19.9 Å².